The summed E-state index contributed by atoms with van der Waals surface area (Å²) in [5.41, 5.74) is 0. The Morgan fingerprint density at radius 1 is 1.12 bits per heavy atom. The Morgan fingerprint density at radius 3 is 1.38 bits per heavy atom. The quantitative estimate of drug-likeness (QED) is 0.378. The second-order valence-corrected chi connectivity index (χ2v) is 1.17. The molecule has 0 radical (unpaired) electrons. The molecule has 0 aromatic rings. The van der Waals surface area contributed by atoms with Crippen molar-refractivity contribution in [1.82, 2.24) is 0 Å². The summed E-state index contributed by atoms with van der Waals surface area (Å²) < 4.78 is 0. The molecule has 0 amide bonds. The van der Waals surface area contributed by atoms with Crippen LogP contribution in [0.4, 0.5) is 0 Å². The van der Waals surface area contributed by atoms with Crippen LogP contribution in [0.5, 0.6) is 0 Å². The van der Waals surface area contributed by atoms with Gasteiger partial charge in [-0.2, -0.15) is 0 Å². The van der Waals surface area contributed by atoms with Crippen molar-refractivity contribution in [2.45, 2.75) is 13.3 Å². The lowest BCUT2D eigenvalue weighted by Gasteiger charge is -1.57. The van der Waals surface area contributed by atoms with Gasteiger partial charge in [0.05, 0.1) is 0 Å². The molecular formula is C8H14. The summed E-state index contributed by atoms with van der Waals surface area (Å²) in [5.74, 6) is 0. The van der Waals surface area contributed by atoms with Gasteiger partial charge in [-0.05, 0) is 6.42 Å². The molecule has 0 heterocycles. The van der Waals surface area contributed by atoms with Gasteiger partial charge in [0.25, 0.3) is 0 Å². The lowest BCUT2D eigenvalue weighted by Crippen LogP contribution is -1.36. The maximum atomic E-state index is 3.48. The molecule has 0 N–H and O–H groups in total. The van der Waals surface area contributed by atoms with Crippen LogP contribution >= 0.6 is 0 Å². The molecule has 46 valence electrons. The van der Waals surface area contributed by atoms with E-state index in [-0.39, 0.29) is 0 Å². The predicted molar refractivity (Wildman–Crippen MR) is 40.9 cm³/mol. The second kappa shape index (κ2) is 16.3. The van der Waals surface area contributed by atoms with E-state index in [1.807, 2.05) is 6.08 Å². The normalized spacial score (nSPS) is 5.62. The van der Waals surface area contributed by atoms with E-state index in [2.05, 4.69) is 26.7 Å². The van der Waals surface area contributed by atoms with Gasteiger partial charge >= 0.3 is 0 Å². The lowest BCUT2D eigenvalue weighted by atomic mass is 10.5. The Morgan fingerprint density at radius 2 is 1.38 bits per heavy atom. The molecule has 0 rings (SSSR count). The fourth-order valence-electron chi connectivity index (χ4n) is 0. The summed E-state index contributed by atoms with van der Waals surface area (Å²) in [5, 5.41) is 0. The van der Waals surface area contributed by atoms with Gasteiger partial charge in [0.2, 0.25) is 0 Å². The first-order chi connectivity index (χ1) is 3.83. The fraction of sp³-hybridized carbons (Fsp3) is 0.250. The molecule has 0 aliphatic carbocycles. The van der Waals surface area contributed by atoms with E-state index in [1.54, 1.807) is 12.2 Å². The van der Waals surface area contributed by atoms with E-state index in [1.165, 1.54) is 0 Å². The van der Waals surface area contributed by atoms with Crippen molar-refractivity contribution in [3.63, 3.8) is 0 Å². The van der Waals surface area contributed by atoms with Gasteiger partial charge in [-0.3, -0.25) is 0 Å². The van der Waals surface area contributed by atoms with Crippen LogP contribution in [0.25, 0.3) is 0 Å². The topological polar surface area (TPSA) is 0 Å². The van der Waals surface area contributed by atoms with E-state index in [0.29, 0.717) is 0 Å². The number of rotatable bonds is 2. The summed E-state index contributed by atoms with van der Waals surface area (Å²) in [6.45, 7) is 12.3. The van der Waals surface area contributed by atoms with Crippen LogP contribution in [0.15, 0.2) is 38.0 Å². The van der Waals surface area contributed by atoms with Gasteiger partial charge < -0.3 is 0 Å². The van der Waals surface area contributed by atoms with Crippen LogP contribution in [-0.2, 0) is 0 Å². The van der Waals surface area contributed by atoms with Crippen molar-refractivity contribution in [3.05, 3.63) is 38.0 Å². The molecule has 0 aromatic heterocycles. The van der Waals surface area contributed by atoms with Crippen LogP contribution in [0, 0.1) is 0 Å². The first-order valence-electron chi connectivity index (χ1n) is 2.67. The zero-order chi connectivity index (χ0) is 6.83. The average molecular weight is 110 g/mol. The first kappa shape index (κ1) is 10.3. The minimum atomic E-state index is 1.08. The third-order valence-electron chi connectivity index (χ3n) is 0.455. The Kier molecular flexibility index (Phi) is 20.9. The van der Waals surface area contributed by atoms with Crippen molar-refractivity contribution in [1.29, 1.82) is 0 Å². The van der Waals surface area contributed by atoms with E-state index >= 15 is 0 Å². The third kappa shape index (κ3) is 62.5. The second-order valence-electron chi connectivity index (χ2n) is 1.17. The number of hydrogen-bond acceptors (Lipinski definition) is 0. The zero-order valence-corrected chi connectivity index (χ0v) is 5.56. The molecule has 0 aliphatic heterocycles. The minimum absolute atomic E-state index is 1.08. The van der Waals surface area contributed by atoms with Crippen LogP contribution < -0.4 is 0 Å². The van der Waals surface area contributed by atoms with E-state index in [0.717, 1.165) is 6.42 Å². The van der Waals surface area contributed by atoms with Crippen molar-refractivity contribution >= 4 is 0 Å². The van der Waals surface area contributed by atoms with Crippen LogP contribution in [0.3, 0.4) is 0 Å². The molecule has 0 heteroatoms. The Balaban J connectivity index is 0. The highest BCUT2D eigenvalue weighted by molar-refractivity contribution is 4.88. The van der Waals surface area contributed by atoms with Gasteiger partial charge in [0.15, 0.2) is 0 Å². The SMILES string of the molecule is C=CC=C.C=CCC. The molecule has 0 bridgehead atoms. The van der Waals surface area contributed by atoms with Crippen LogP contribution in [-0.4, -0.2) is 0 Å². The highest BCUT2D eigenvalue weighted by atomic mass is 13.5. The van der Waals surface area contributed by atoms with E-state index in [9.17, 15) is 0 Å². The molecule has 0 saturated carbocycles. The van der Waals surface area contributed by atoms with Gasteiger partial charge in [0, 0.05) is 0 Å². The number of hydrogen-bond donors (Lipinski definition) is 0. The largest absolute Gasteiger partial charge is 0.103 e. The average Bonchev–Trinajstić information content (AvgIpc) is 1.88. The van der Waals surface area contributed by atoms with E-state index in [4.69, 9.17) is 0 Å². The monoisotopic (exact) mass is 110 g/mol. The highest BCUT2D eigenvalue weighted by Gasteiger charge is 1.45. The minimum Gasteiger partial charge on any atom is -0.103 e. The molecule has 0 spiro atoms. The summed E-state index contributed by atoms with van der Waals surface area (Å²) in [6.07, 6.45) is 6.24. The Labute approximate surface area is 52.2 Å². The van der Waals surface area contributed by atoms with Crippen LogP contribution in [0.2, 0.25) is 0 Å². The molecule has 0 unspecified atom stereocenters. The third-order valence-corrected chi connectivity index (χ3v) is 0.455. The van der Waals surface area contributed by atoms with Gasteiger partial charge in [-0.15, -0.1) is 6.58 Å². The maximum absolute atomic E-state index is 3.48. The molecule has 0 aliphatic rings. The fourth-order valence-corrected chi connectivity index (χ4v) is 0. The molecule has 0 atom stereocenters. The zero-order valence-electron chi connectivity index (χ0n) is 5.56. The van der Waals surface area contributed by atoms with Gasteiger partial charge in [0.1, 0.15) is 0 Å². The van der Waals surface area contributed by atoms with Crippen LogP contribution in [0.1, 0.15) is 13.3 Å². The van der Waals surface area contributed by atoms with Gasteiger partial charge in [-0.25, -0.2) is 0 Å². The Bertz CT molecular complexity index is 54.4. The number of allylic oxidation sites excluding steroid dienone is 3. The molecule has 0 fully saturated rings. The summed E-state index contributed by atoms with van der Waals surface area (Å²) in [6, 6.07) is 0. The van der Waals surface area contributed by atoms with Gasteiger partial charge in [-0.1, -0.05) is 38.3 Å². The maximum Gasteiger partial charge on any atom is -0.0382 e. The lowest BCUT2D eigenvalue weighted by molar-refractivity contribution is 1.23. The summed E-state index contributed by atoms with van der Waals surface area (Å²) in [7, 11) is 0. The molecule has 0 saturated heterocycles. The highest BCUT2D eigenvalue weighted by Crippen LogP contribution is 1.66. The Hall–Kier alpha value is -0.780. The van der Waals surface area contributed by atoms with E-state index < -0.39 is 0 Å². The molecular weight excluding hydrogens is 96.1 g/mol. The summed E-state index contributed by atoms with van der Waals surface area (Å²) in [4.78, 5) is 0. The van der Waals surface area contributed by atoms with Crippen molar-refractivity contribution in [2.24, 2.45) is 0 Å². The van der Waals surface area contributed by atoms with Crippen molar-refractivity contribution < 1.29 is 0 Å². The molecule has 8 heavy (non-hydrogen) atoms. The van der Waals surface area contributed by atoms with Crippen molar-refractivity contribution in [3.8, 4) is 0 Å². The summed E-state index contributed by atoms with van der Waals surface area (Å²) >= 11 is 0. The smallest absolute Gasteiger partial charge is 0.0382 e. The molecule has 0 aromatic carbocycles. The first-order valence-corrected chi connectivity index (χ1v) is 2.67. The molecule has 0 nitrogen and oxygen atoms in total. The standard InChI is InChI=1S/C4H8.C4H6/c2*1-3-4-2/h3H,1,4H2,2H3;3-4H,1-2H2. The predicted octanol–water partition coefficient (Wildman–Crippen LogP) is 2.94. The van der Waals surface area contributed by atoms with Crippen molar-refractivity contribution in [2.75, 3.05) is 0 Å².